The van der Waals surface area contributed by atoms with Gasteiger partial charge in [-0.25, -0.2) is 0 Å². The summed E-state index contributed by atoms with van der Waals surface area (Å²) in [5, 5.41) is 0. The van der Waals surface area contributed by atoms with E-state index in [1.54, 1.807) is 0 Å². The quantitative estimate of drug-likeness (QED) is 0.756. The Kier molecular flexibility index (Phi) is 5.32. The molecular weight excluding hydrogens is 294 g/mol. The lowest BCUT2D eigenvalue weighted by atomic mass is 9.69. The van der Waals surface area contributed by atoms with Crippen LogP contribution < -0.4 is 0 Å². The maximum Gasteiger partial charge on any atom is 0.228 e. The molecule has 1 saturated carbocycles. The SMILES string of the molecule is CC(C)Cc1ccc(CC2CCN(C(=O)C3(C)CCC3)CC2)cc1. The number of hydrogen-bond donors (Lipinski definition) is 0. The van der Waals surface area contributed by atoms with Crippen LogP contribution in [0.25, 0.3) is 0 Å². The molecule has 0 bridgehead atoms. The molecule has 3 rings (SSSR count). The van der Waals surface area contributed by atoms with Crippen LogP contribution in [0.3, 0.4) is 0 Å². The van der Waals surface area contributed by atoms with E-state index in [-0.39, 0.29) is 5.41 Å². The minimum atomic E-state index is -0.0287. The number of carbonyl (C=O) groups excluding carboxylic acids is 1. The topological polar surface area (TPSA) is 20.3 Å². The van der Waals surface area contributed by atoms with Gasteiger partial charge in [0.25, 0.3) is 0 Å². The molecule has 1 aromatic rings. The number of piperidine rings is 1. The molecule has 1 saturated heterocycles. The van der Waals surface area contributed by atoms with Gasteiger partial charge in [0, 0.05) is 18.5 Å². The maximum atomic E-state index is 12.6. The van der Waals surface area contributed by atoms with Crippen LogP contribution in [-0.2, 0) is 17.6 Å². The first kappa shape index (κ1) is 17.5. The summed E-state index contributed by atoms with van der Waals surface area (Å²) < 4.78 is 0. The predicted molar refractivity (Wildman–Crippen MR) is 100.0 cm³/mol. The van der Waals surface area contributed by atoms with Crippen molar-refractivity contribution in [1.29, 1.82) is 0 Å². The third-order valence-electron chi connectivity index (χ3n) is 6.07. The Bertz CT molecular complexity index is 548. The molecule has 0 unspecified atom stereocenters. The van der Waals surface area contributed by atoms with Crippen LogP contribution in [0.4, 0.5) is 0 Å². The fourth-order valence-electron chi connectivity index (χ4n) is 4.26. The van der Waals surface area contributed by atoms with Gasteiger partial charge in [0.2, 0.25) is 5.91 Å². The minimum Gasteiger partial charge on any atom is -0.342 e. The molecule has 1 aliphatic carbocycles. The van der Waals surface area contributed by atoms with Crippen molar-refractivity contribution in [3.63, 3.8) is 0 Å². The zero-order chi connectivity index (χ0) is 17.2. The summed E-state index contributed by atoms with van der Waals surface area (Å²) in [7, 11) is 0. The molecule has 2 aliphatic rings. The zero-order valence-corrected chi connectivity index (χ0v) is 15.7. The highest BCUT2D eigenvalue weighted by Crippen LogP contribution is 2.42. The highest BCUT2D eigenvalue weighted by atomic mass is 16.2. The van der Waals surface area contributed by atoms with Gasteiger partial charge in [0.15, 0.2) is 0 Å². The Morgan fingerprint density at radius 2 is 1.71 bits per heavy atom. The van der Waals surface area contributed by atoms with Crippen LogP contribution in [0.5, 0.6) is 0 Å². The Labute approximate surface area is 147 Å². The normalized spacial score (nSPS) is 20.9. The Hall–Kier alpha value is -1.31. The lowest BCUT2D eigenvalue weighted by Crippen LogP contribution is -2.49. The summed E-state index contributed by atoms with van der Waals surface area (Å²) in [5.74, 6) is 1.87. The van der Waals surface area contributed by atoms with Crippen molar-refractivity contribution in [2.45, 2.75) is 65.7 Å². The fraction of sp³-hybridized carbons (Fsp3) is 0.682. The van der Waals surface area contributed by atoms with Gasteiger partial charge in [-0.15, -0.1) is 0 Å². The minimum absolute atomic E-state index is 0.0287. The lowest BCUT2D eigenvalue weighted by molar-refractivity contribution is -0.147. The molecular formula is C22H33NO. The van der Waals surface area contributed by atoms with Gasteiger partial charge in [-0.1, -0.05) is 51.5 Å². The highest BCUT2D eigenvalue weighted by Gasteiger charge is 2.42. The number of rotatable bonds is 5. The van der Waals surface area contributed by atoms with Crippen molar-refractivity contribution >= 4 is 5.91 Å². The summed E-state index contributed by atoms with van der Waals surface area (Å²) >= 11 is 0. The molecule has 0 spiro atoms. The molecule has 1 aromatic carbocycles. The van der Waals surface area contributed by atoms with Crippen LogP contribution >= 0.6 is 0 Å². The smallest absolute Gasteiger partial charge is 0.228 e. The first-order valence-electron chi connectivity index (χ1n) is 9.83. The van der Waals surface area contributed by atoms with Gasteiger partial charge in [0.1, 0.15) is 0 Å². The van der Waals surface area contributed by atoms with Crippen LogP contribution in [0, 0.1) is 17.3 Å². The average Bonchev–Trinajstić information content (AvgIpc) is 2.54. The molecule has 2 nitrogen and oxygen atoms in total. The summed E-state index contributed by atoms with van der Waals surface area (Å²) in [5.41, 5.74) is 2.88. The molecule has 1 aliphatic heterocycles. The second kappa shape index (κ2) is 7.29. The standard InChI is InChI=1S/C22H33NO/c1-17(2)15-18-5-7-19(8-6-18)16-20-9-13-23(14-10-20)21(24)22(3)11-4-12-22/h5-8,17,20H,4,9-16H2,1-3H3. The number of amides is 1. The second-order valence-corrected chi connectivity index (χ2v) is 8.77. The molecule has 0 radical (unpaired) electrons. The molecule has 2 fully saturated rings. The first-order valence-corrected chi connectivity index (χ1v) is 9.83. The van der Waals surface area contributed by atoms with E-state index in [4.69, 9.17) is 0 Å². The van der Waals surface area contributed by atoms with E-state index < -0.39 is 0 Å². The van der Waals surface area contributed by atoms with Crippen molar-refractivity contribution in [3.05, 3.63) is 35.4 Å². The molecule has 1 heterocycles. The zero-order valence-electron chi connectivity index (χ0n) is 15.7. The van der Waals surface area contributed by atoms with Gasteiger partial charge in [-0.05, 0) is 61.5 Å². The fourth-order valence-corrected chi connectivity index (χ4v) is 4.26. The number of likely N-dealkylation sites (tertiary alicyclic amines) is 1. The van der Waals surface area contributed by atoms with Crippen LogP contribution in [0.15, 0.2) is 24.3 Å². The van der Waals surface area contributed by atoms with Gasteiger partial charge < -0.3 is 4.90 Å². The first-order chi connectivity index (χ1) is 11.5. The third-order valence-corrected chi connectivity index (χ3v) is 6.07. The molecule has 0 N–H and O–H groups in total. The summed E-state index contributed by atoms with van der Waals surface area (Å²) in [6.07, 6.45) is 8.07. The molecule has 24 heavy (non-hydrogen) atoms. The van der Waals surface area contributed by atoms with E-state index in [0.717, 1.165) is 50.6 Å². The van der Waals surface area contributed by atoms with Crippen molar-refractivity contribution in [3.8, 4) is 0 Å². The maximum absolute atomic E-state index is 12.6. The van der Waals surface area contributed by atoms with E-state index in [9.17, 15) is 4.79 Å². The largest absolute Gasteiger partial charge is 0.342 e. The Morgan fingerprint density at radius 1 is 1.12 bits per heavy atom. The number of nitrogens with zero attached hydrogens (tertiary/aromatic N) is 1. The van der Waals surface area contributed by atoms with Crippen molar-refractivity contribution in [1.82, 2.24) is 4.90 Å². The van der Waals surface area contributed by atoms with E-state index >= 15 is 0 Å². The van der Waals surface area contributed by atoms with Crippen molar-refractivity contribution < 1.29 is 4.79 Å². The Morgan fingerprint density at radius 3 is 2.21 bits per heavy atom. The van der Waals surface area contributed by atoms with Crippen molar-refractivity contribution in [2.75, 3.05) is 13.1 Å². The summed E-state index contributed by atoms with van der Waals surface area (Å²) in [6.45, 7) is 8.62. The lowest BCUT2D eigenvalue weighted by Gasteiger charge is -2.43. The van der Waals surface area contributed by atoms with Crippen molar-refractivity contribution in [2.24, 2.45) is 17.3 Å². The molecule has 132 valence electrons. The summed E-state index contributed by atoms with van der Waals surface area (Å²) in [4.78, 5) is 14.8. The van der Waals surface area contributed by atoms with Crippen LogP contribution in [0.2, 0.25) is 0 Å². The number of benzene rings is 1. The van der Waals surface area contributed by atoms with Gasteiger partial charge in [-0.3, -0.25) is 4.79 Å². The average molecular weight is 328 g/mol. The van der Waals surface area contributed by atoms with Crippen LogP contribution in [-0.4, -0.2) is 23.9 Å². The number of hydrogen-bond acceptors (Lipinski definition) is 1. The van der Waals surface area contributed by atoms with Gasteiger partial charge in [-0.2, -0.15) is 0 Å². The molecule has 0 atom stereocenters. The molecule has 0 aromatic heterocycles. The van der Waals surface area contributed by atoms with E-state index in [2.05, 4.69) is 49.9 Å². The Balaban J connectivity index is 1.47. The third kappa shape index (κ3) is 4.02. The van der Waals surface area contributed by atoms with E-state index in [1.165, 1.54) is 30.4 Å². The second-order valence-electron chi connectivity index (χ2n) is 8.77. The van der Waals surface area contributed by atoms with E-state index in [0.29, 0.717) is 5.91 Å². The number of carbonyl (C=O) groups is 1. The van der Waals surface area contributed by atoms with E-state index in [1.807, 2.05) is 0 Å². The molecule has 1 amide bonds. The monoisotopic (exact) mass is 327 g/mol. The van der Waals surface area contributed by atoms with Crippen LogP contribution in [0.1, 0.15) is 64.0 Å². The molecule has 2 heteroatoms. The predicted octanol–water partition coefficient (Wildman–Crippen LogP) is 4.86. The van der Waals surface area contributed by atoms with Gasteiger partial charge >= 0.3 is 0 Å². The van der Waals surface area contributed by atoms with Gasteiger partial charge in [0.05, 0.1) is 0 Å². The highest BCUT2D eigenvalue weighted by molar-refractivity contribution is 5.83. The summed E-state index contributed by atoms with van der Waals surface area (Å²) in [6, 6.07) is 9.21.